The van der Waals surface area contributed by atoms with Crippen LogP contribution in [0.4, 0.5) is 4.79 Å². The number of carbonyl (C=O) groups excluding carboxylic acids is 1. The number of benzene rings is 1. The van der Waals surface area contributed by atoms with Crippen LogP contribution >= 0.6 is 11.6 Å². The predicted octanol–water partition coefficient (Wildman–Crippen LogP) is 3.34. The van der Waals surface area contributed by atoms with Crippen molar-refractivity contribution in [3.63, 3.8) is 0 Å². The van der Waals surface area contributed by atoms with Gasteiger partial charge in [0.15, 0.2) is 0 Å². The molecule has 116 valence electrons. The van der Waals surface area contributed by atoms with Crippen LogP contribution in [0.15, 0.2) is 30.5 Å². The number of hydrogen-bond acceptors (Lipinski definition) is 2. The average Bonchev–Trinajstić information content (AvgIpc) is 2.47. The van der Waals surface area contributed by atoms with E-state index in [4.69, 9.17) is 11.6 Å². The molecule has 1 rings (SSSR count). The van der Waals surface area contributed by atoms with E-state index in [-0.39, 0.29) is 6.03 Å². The van der Waals surface area contributed by atoms with E-state index in [1.54, 1.807) is 12.3 Å². The first kappa shape index (κ1) is 17.5. The van der Waals surface area contributed by atoms with Crippen molar-refractivity contribution in [1.82, 2.24) is 15.5 Å². The van der Waals surface area contributed by atoms with Gasteiger partial charge in [0, 0.05) is 17.8 Å². The normalized spacial score (nSPS) is 11.0. The van der Waals surface area contributed by atoms with Gasteiger partial charge in [0.05, 0.1) is 0 Å². The van der Waals surface area contributed by atoms with Crippen LogP contribution < -0.4 is 10.6 Å². The molecular formula is C16H24ClN3O. The van der Waals surface area contributed by atoms with Crippen molar-refractivity contribution in [3.8, 4) is 0 Å². The third-order valence-corrected chi connectivity index (χ3v) is 3.41. The highest BCUT2D eigenvalue weighted by Crippen LogP contribution is 2.11. The largest absolute Gasteiger partial charge is 0.338 e. The van der Waals surface area contributed by atoms with Gasteiger partial charge in [-0.05, 0) is 49.8 Å². The van der Waals surface area contributed by atoms with Crippen molar-refractivity contribution in [2.45, 2.75) is 20.3 Å². The fourth-order valence-electron chi connectivity index (χ4n) is 1.92. The third kappa shape index (κ3) is 7.73. The number of nitrogens with one attached hydrogen (secondary N) is 2. The molecule has 2 N–H and O–H groups in total. The third-order valence-electron chi connectivity index (χ3n) is 3.17. The molecule has 2 amide bonds. The van der Waals surface area contributed by atoms with Gasteiger partial charge in [0.25, 0.3) is 0 Å². The summed E-state index contributed by atoms with van der Waals surface area (Å²) < 4.78 is 0. The molecule has 1 aromatic rings. The molecule has 0 saturated heterocycles. The Labute approximate surface area is 132 Å². The Morgan fingerprint density at radius 3 is 2.76 bits per heavy atom. The molecule has 0 fully saturated rings. The molecule has 21 heavy (non-hydrogen) atoms. The predicted molar refractivity (Wildman–Crippen MR) is 89.4 cm³/mol. The Morgan fingerprint density at radius 2 is 2.10 bits per heavy atom. The number of nitrogens with zero attached hydrogens (tertiary/aromatic N) is 1. The minimum absolute atomic E-state index is 0.187. The van der Waals surface area contributed by atoms with E-state index in [2.05, 4.69) is 29.4 Å². The van der Waals surface area contributed by atoms with Crippen LogP contribution in [0.1, 0.15) is 25.8 Å². The maximum absolute atomic E-state index is 11.6. The van der Waals surface area contributed by atoms with Crippen molar-refractivity contribution < 1.29 is 4.79 Å². The number of amides is 2. The van der Waals surface area contributed by atoms with Crippen LogP contribution in [0.2, 0.25) is 5.02 Å². The lowest BCUT2D eigenvalue weighted by molar-refractivity contribution is 0.242. The zero-order valence-corrected chi connectivity index (χ0v) is 13.5. The monoisotopic (exact) mass is 309 g/mol. The fourth-order valence-corrected chi connectivity index (χ4v) is 2.12. The molecule has 1 aromatic carbocycles. The van der Waals surface area contributed by atoms with Crippen molar-refractivity contribution in [3.05, 3.63) is 41.1 Å². The second-order valence-corrected chi connectivity index (χ2v) is 5.11. The highest BCUT2D eigenvalue weighted by molar-refractivity contribution is 6.30. The summed E-state index contributed by atoms with van der Waals surface area (Å²) in [6, 6.07) is 7.26. The summed E-state index contributed by atoms with van der Waals surface area (Å²) in [6.07, 6.45) is 4.37. The summed E-state index contributed by atoms with van der Waals surface area (Å²) in [5.41, 5.74) is 0.948. The van der Waals surface area contributed by atoms with E-state index in [9.17, 15) is 4.79 Å². The lowest BCUT2D eigenvalue weighted by atomic mass is 10.2. The molecule has 4 nitrogen and oxygen atoms in total. The van der Waals surface area contributed by atoms with Crippen LogP contribution in [0, 0.1) is 0 Å². The first-order valence-electron chi connectivity index (χ1n) is 7.34. The summed E-state index contributed by atoms with van der Waals surface area (Å²) in [7, 11) is 0. The lowest BCUT2D eigenvalue weighted by Crippen LogP contribution is -2.34. The Balaban J connectivity index is 2.19. The van der Waals surface area contributed by atoms with Crippen molar-refractivity contribution >= 4 is 23.7 Å². The summed E-state index contributed by atoms with van der Waals surface area (Å²) in [5.74, 6) is 0. The number of urea groups is 1. The molecule has 0 aliphatic carbocycles. The molecule has 0 aliphatic heterocycles. The average molecular weight is 310 g/mol. The molecule has 0 unspecified atom stereocenters. The van der Waals surface area contributed by atoms with E-state index in [1.165, 1.54) is 0 Å². The van der Waals surface area contributed by atoms with Crippen LogP contribution in [0.3, 0.4) is 0 Å². The molecule has 0 bridgehead atoms. The Hall–Kier alpha value is -1.52. The van der Waals surface area contributed by atoms with Gasteiger partial charge >= 0.3 is 6.03 Å². The van der Waals surface area contributed by atoms with Crippen LogP contribution in [0.25, 0.3) is 6.08 Å². The van der Waals surface area contributed by atoms with Crippen LogP contribution in [-0.2, 0) is 0 Å². The van der Waals surface area contributed by atoms with Crippen LogP contribution in [0.5, 0.6) is 0 Å². The quantitative estimate of drug-likeness (QED) is 0.723. The summed E-state index contributed by atoms with van der Waals surface area (Å²) >= 11 is 5.88. The molecular weight excluding hydrogens is 286 g/mol. The van der Waals surface area contributed by atoms with Gasteiger partial charge in [0.1, 0.15) is 0 Å². The molecule has 0 heterocycles. The molecule has 0 aliphatic rings. The van der Waals surface area contributed by atoms with Crippen molar-refractivity contribution in [2.75, 3.05) is 26.2 Å². The Bertz CT molecular complexity index is 459. The van der Waals surface area contributed by atoms with Gasteiger partial charge < -0.3 is 15.5 Å². The van der Waals surface area contributed by atoms with Crippen LogP contribution in [-0.4, -0.2) is 37.1 Å². The molecule has 0 spiro atoms. The number of rotatable bonds is 8. The Morgan fingerprint density at radius 1 is 1.33 bits per heavy atom. The minimum Gasteiger partial charge on any atom is -0.338 e. The molecule has 5 heteroatoms. The number of hydrogen-bond donors (Lipinski definition) is 2. The van der Waals surface area contributed by atoms with Crippen molar-refractivity contribution in [1.29, 1.82) is 0 Å². The smallest absolute Gasteiger partial charge is 0.318 e. The molecule has 0 saturated carbocycles. The molecule has 0 aromatic heterocycles. The van der Waals surface area contributed by atoms with E-state index in [0.717, 1.165) is 31.6 Å². The highest BCUT2D eigenvalue weighted by atomic mass is 35.5. The SMILES string of the molecule is CCN(CC)CCCNC(=O)N/C=C/c1cccc(Cl)c1. The maximum atomic E-state index is 11.6. The van der Waals surface area contributed by atoms with E-state index in [1.807, 2.05) is 24.3 Å². The highest BCUT2D eigenvalue weighted by Gasteiger charge is 2.00. The second-order valence-electron chi connectivity index (χ2n) is 4.67. The van der Waals surface area contributed by atoms with Gasteiger partial charge in [-0.25, -0.2) is 4.79 Å². The number of carbonyl (C=O) groups is 1. The summed E-state index contributed by atoms with van der Waals surface area (Å²) in [5, 5.41) is 6.19. The standard InChI is InChI=1S/C16H24ClN3O/c1-3-20(4-2)12-6-10-18-16(21)19-11-9-14-7-5-8-15(17)13-14/h5,7-9,11,13H,3-4,6,10,12H2,1-2H3,(H2,18,19,21)/b11-9+. The second kappa shape index (κ2) is 10.2. The first-order valence-corrected chi connectivity index (χ1v) is 7.72. The van der Waals surface area contributed by atoms with Gasteiger partial charge in [-0.2, -0.15) is 0 Å². The first-order chi connectivity index (χ1) is 10.2. The fraction of sp³-hybridized carbons (Fsp3) is 0.438. The van der Waals surface area contributed by atoms with Gasteiger partial charge in [-0.1, -0.05) is 37.6 Å². The van der Waals surface area contributed by atoms with Crippen molar-refractivity contribution in [2.24, 2.45) is 0 Å². The zero-order valence-electron chi connectivity index (χ0n) is 12.7. The molecule has 0 atom stereocenters. The van der Waals surface area contributed by atoms with Gasteiger partial charge in [-0.3, -0.25) is 0 Å². The maximum Gasteiger partial charge on any atom is 0.318 e. The lowest BCUT2D eigenvalue weighted by Gasteiger charge is -2.17. The number of halogens is 1. The van der Waals surface area contributed by atoms with E-state index >= 15 is 0 Å². The van der Waals surface area contributed by atoms with Gasteiger partial charge in [-0.15, -0.1) is 0 Å². The van der Waals surface area contributed by atoms with E-state index < -0.39 is 0 Å². The Kier molecular flexibility index (Phi) is 8.55. The zero-order chi connectivity index (χ0) is 15.5. The minimum atomic E-state index is -0.187. The molecule has 0 radical (unpaired) electrons. The summed E-state index contributed by atoms with van der Waals surface area (Å²) in [6.45, 7) is 8.06. The summed E-state index contributed by atoms with van der Waals surface area (Å²) in [4.78, 5) is 13.9. The van der Waals surface area contributed by atoms with E-state index in [0.29, 0.717) is 11.6 Å². The topological polar surface area (TPSA) is 44.4 Å². The van der Waals surface area contributed by atoms with Gasteiger partial charge in [0.2, 0.25) is 0 Å².